The molecule has 0 saturated heterocycles. The van der Waals surface area contributed by atoms with Gasteiger partial charge in [0, 0.05) is 12.3 Å². The molecule has 0 radical (unpaired) electrons. The quantitative estimate of drug-likeness (QED) is 0.521. The van der Waals surface area contributed by atoms with Crippen LogP contribution in [0.5, 0.6) is 0 Å². The van der Waals surface area contributed by atoms with Crippen molar-refractivity contribution in [3.8, 4) is 0 Å². The Kier molecular flexibility index (Phi) is 1.86. The van der Waals surface area contributed by atoms with Crippen molar-refractivity contribution in [1.82, 2.24) is 0 Å². The van der Waals surface area contributed by atoms with E-state index >= 15 is 0 Å². The summed E-state index contributed by atoms with van der Waals surface area (Å²) in [5.41, 5.74) is 3.13. The Balaban J connectivity index is 2.38. The number of hydrogen-bond donors (Lipinski definition) is 0. The molecule has 2 bridgehead atoms. The van der Waals surface area contributed by atoms with Crippen LogP contribution in [-0.4, -0.2) is 5.78 Å². The molecule has 0 spiro atoms. The molecule has 1 nitrogen and oxygen atoms in total. The van der Waals surface area contributed by atoms with E-state index in [4.69, 9.17) is 0 Å². The second-order valence-corrected chi connectivity index (χ2v) is 5.25. The Labute approximate surface area is 80.2 Å². The maximum absolute atomic E-state index is 11.7. The van der Waals surface area contributed by atoms with Crippen LogP contribution in [0.1, 0.15) is 46.5 Å². The number of ketones is 1. The van der Waals surface area contributed by atoms with Crippen LogP contribution < -0.4 is 0 Å². The van der Waals surface area contributed by atoms with Crippen molar-refractivity contribution in [2.45, 2.75) is 46.5 Å². The fourth-order valence-electron chi connectivity index (χ4n) is 2.91. The Bertz CT molecular complexity index is 283. The van der Waals surface area contributed by atoms with Crippen molar-refractivity contribution in [3.05, 3.63) is 11.1 Å². The van der Waals surface area contributed by atoms with Crippen molar-refractivity contribution >= 4 is 5.78 Å². The standard InChI is InChI=1S/C12H18O/c1-8(2)10-6-12(3)5-4-9(10)11(13)7-12/h9H,4-7H2,1-3H3/t9-,12+/m0/s1. The molecule has 2 atom stereocenters. The molecular formula is C12H18O. The van der Waals surface area contributed by atoms with Gasteiger partial charge in [0.15, 0.2) is 0 Å². The third-order valence-corrected chi connectivity index (χ3v) is 3.71. The maximum atomic E-state index is 11.7. The van der Waals surface area contributed by atoms with Crippen molar-refractivity contribution < 1.29 is 4.79 Å². The number of fused-ring (bicyclic) bond motifs is 3. The maximum Gasteiger partial charge on any atom is 0.140 e. The first-order valence-electron chi connectivity index (χ1n) is 5.21. The van der Waals surface area contributed by atoms with E-state index in [1.165, 1.54) is 24.0 Å². The van der Waals surface area contributed by atoms with Crippen molar-refractivity contribution in [1.29, 1.82) is 0 Å². The van der Waals surface area contributed by atoms with Crippen LogP contribution in [-0.2, 0) is 4.79 Å². The molecule has 3 rings (SSSR count). The zero-order chi connectivity index (χ0) is 9.64. The third kappa shape index (κ3) is 1.34. The lowest BCUT2D eigenvalue weighted by atomic mass is 9.58. The summed E-state index contributed by atoms with van der Waals surface area (Å²) in [6.45, 7) is 6.56. The molecular weight excluding hydrogens is 160 g/mol. The van der Waals surface area contributed by atoms with Gasteiger partial charge in [-0.25, -0.2) is 0 Å². The first-order valence-corrected chi connectivity index (χ1v) is 5.21. The molecule has 0 aromatic rings. The Morgan fingerprint density at radius 3 is 2.54 bits per heavy atom. The molecule has 0 aromatic carbocycles. The lowest BCUT2D eigenvalue weighted by Crippen LogP contribution is -2.40. The van der Waals surface area contributed by atoms with Crippen LogP contribution in [0, 0.1) is 11.3 Å². The number of hydrogen-bond acceptors (Lipinski definition) is 1. The average molecular weight is 178 g/mol. The molecule has 3 aliphatic carbocycles. The highest BCUT2D eigenvalue weighted by atomic mass is 16.1. The van der Waals surface area contributed by atoms with Gasteiger partial charge in [0.1, 0.15) is 5.78 Å². The predicted octanol–water partition coefficient (Wildman–Crippen LogP) is 3.10. The minimum Gasteiger partial charge on any atom is -0.299 e. The van der Waals surface area contributed by atoms with Gasteiger partial charge in [0.2, 0.25) is 0 Å². The van der Waals surface area contributed by atoms with Gasteiger partial charge in [-0.05, 0) is 38.5 Å². The molecule has 0 unspecified atom stereocenters. The Morgan fingerprint density at radius 2 is 2.08 bits per heavy atom. The van der Waals surface area contributed by atoms with E-state index in [0.29, 0.717) is 17.1 Å². The highest BCUT2D eigenvalue weighted by molar-refractivity contribution is 5.86. The van der Waals surface area contributed by atoms with Crippen LogP contribution in [0.4, 0.5) is 0 Å². The Hall–Kier alpha value is -0.590. The molecule has 72 valence electrons. The monoisotopic (exact) mass is 178 g/mol. The summed E-state index contributed by atoms with van der Waals surface area (Å²) in [4.78, 5) is 11.7. The number of allylic oxidation sites excluding steroid dienone is 2. The topological polar surface area (TPSA) is 17.1 Å². The van der Waals surface area contributed by atoms with E-state index in [2.05, 4.69) is 20.8 Å². The van der Waals surface area contributed by atoms with Crippen LogP contribution >= 0.6 is 0 Å². The zero-order valence-corrected chi connectivity index (χ0v) is 8.81. The largest absolute Gasteiger partial charge is 0.299 e. The summed E-state index contributed by atoms with van der Waals surface area (Å²) in [7, 11) is 0. The molecule has 0 aliphatic heterocycles. The van der Waals surface area contributed by atoms with Crippen LogP contribution in [0.25, 0.3) is 0 Å². The van der Waals surface area contributed by atoms with E-state index in [9.17, 15) is 4.79 Å². The van der Waals surface area contributed by atoms with Crippen molar-refractivity contribution in [3.63, 3.8) is 0 Å². The van der Waals surface area contributed by atoms with Gasteiger partial charge in [0.25, 0.3) is 0 Å². The fourth-order valence-corrected chi connectivity index (χ4v) is 2.91. The second kappa shape index (κ2) is 2.70. The van der Waals surface area contributed by atoms with Gasteiger partial charge in [-0.2, -0.15) is 0 Å². The van der Waals surface area contributed by atoms with E-state index < -0.39 is 0 Å². The van der Waals surface area contributed by atoms with E-state index in [-0.39, 0.29) is 0 Å². The van der Waals surface area contributed by atoms with Crippen molar-refractivity contribution in [2.75, 3.05) is 0 Å². The van der Waals surface area contributed by atoms with Gasteiger partial charge in [0.05, 0.1) is 0 Å². The third-order valence-electron chi connectivity index (χ3n) is 3.71. The lowest BCUT2D eigenvalue weighted by molar-refractivity contribution is -0.129. The first-order chi connectivity index (χ1) is 6.02. The van der Waals surface area contributed by atoms with E-state index in [0.717, 1.165) is 12.8 Å². The minimum atomic E-state index is 0.298. The number of carbonyl (C=O) groups excluding carboxylic acids is 1. The molecule has 0 amide bonds. The van der Waals surface area contributed by atoms with Gasteiger partial charge in [-0.1, -0.05) is 18.1 Å². The highest BCUT2D eigenvalue weighted by Gasteiger charge is 2.44. The molecule has 0 aromatic heterocycles. The molecule has 3 aliphatic rings. The van der Waals surface area contributed by atoms with Gasteiger partial charge in [-0.3, -0.25) is 4.79 Å². The lowest BCUT2D eigenvalue weighted by Gasteiger charge is -2.45. The van der Waals surface area contributed by atoms with Gasteiger partial charge in [-0.15, -0.1) is 0 Å². The summed E-state index contributed by atoms with van der Waals surface area (Å²) >= 11 is 0. The normalized spacial score (nSPS) is 38.2. The summed E-state index contributed by atoms with van der Waals surface area (Å²) < 4.78 is 0. The predicted molar refractivity (Wildman–Crippen MR) is 53.4 cm³/mol. The van der Waals surface area contributed by atoms with E-state index in [1.54, 1.807) is 0 Å². The second-order valence-electron chi connectivity index (χ2n) is 5.25. The molecule has 13 heavy (non-hydrogen) atoms. The smallest absolute Gasteiger partial charge is 0.140 e. The SMILES string of the molecule is CC(C)=C1C[C@@]2(C)CC[C@@H]1C(=O)C2. The van der Waals surface area contributed by atoms with Crippen molar-refractivity contribution in [2.24, 2.45) is 11.3 Å². The molecule has 0 heterocycles. The van der Waals surface area contributed by atoms with E-state index in [1.807, 2.05) is 0 Å². The molecule has 3 fully saturated rings. The number of carbonyl (C=O) groups is 1. The average Bonchev–Trinajstić information content (AvgIpc) is 2.02. The molecule has 3 saturated carbocycles. The molecule has 1 heteroatoms. The highest BCUT2D eigenvalue weighted by Crippen LogP contribution is 2.51. The Morgan fingerprint density at radius 1 is 1.38 bits per heavy atom. The zero-order valence-electron chi connectivity index (χ0n) is 8.81. The summed E-state index contributed by atoms with van der Waals surface area (Å²) in [6, 6.07) is 0. The number of Topliss-reactive ketones (excluding diaryl/α,β-unsaturated/α-hetero) is 1. The molecule has 0 N–H and O–H groups in total. The summed E-state index contributed by atoms with van der Waals surface area (Å²) in [5.74, 6) is 0.794. The van der Waals surface area contributed by atoms with Crippen LogP contribution in [0.3, 0.4) is 0 Å². The fraction of sp³-hybridized carbons (Fsp3) is 0.750. The van der Waals surface area contributed by atoms with Crippen LogP contribution in [0.2, 0.25) is 0 Å². The van der Waals surface area contributed by atoms with Gasteiger partial charge >= 0.3 is 0 Å². The number of rotatable bonds is 0. The summed E-state index contributed by atoms with van der Waals surface area (Å²) in [5, 5.41) is 0. The van der Waals surface area contributed by atoms with Crippen LogP contribution in [0.15, 0.2) is 11.1 Å². The van der Waals surface area contributed by atoms with Gasteiger partial charge < -0.3 is 0 Å². The minimum absolute atomic E-state index is 0.298. The first kappa shape index (κ1) is 8.98. The summed E-state index contributed by atoms with van der Waals surface area (Å²) in [6.07, 6.45) is 4.36.